The predicted octanol–water partition coefficient (Wildman–Crippen LogP) is 2.40. The quantitative estimate of drug-likeness (QED) is 0.761. The van der Waals surface area contributed by atoms with E-state index in [1.807, 2.05) is 19.1 Å². The summed E-state index contributed by atoms with van der Waals surface area (Å²) in [7, 11) is -3.23. The summed E-state index contributed by atoms with van der Waals surface area (Å²) < 4.78 is 24.8. The fraction of sp³-hybridized carbons (Fsp3) is 0.533. The first-order valence-corrected chi connectivity index (χ1v) is 9.83. The summed E-state index contributed by atoms with van der Waals surface area (Å²) in [6, 6.07) is 7.00. The molecule has 1 fully saturated rings. The largest absolute Gasteiger partial charge is 0.342 e. The zero-order valence-electron chi connectivity index (χ0n) is 12.1. The second-order valence-corrected chi connectivity index (χ2v) is 8.15. The van der Waals surface area contributed by atoms with Gasteiger partial charge in [0.25, 0.3) is 0 Å². The Kier molecular flexibility index (Phi) is 5.43. The Bertz CT molecular complexity index is 590. The molecule has 1 aliphatic heterocycles. The predicted molar refractivity (Wildman–Crippen MR) is 86.3 cm³/mol. The number of piperidine rings is 1. The summed E-state index contributed by atoms with van der Waals surface area (Å²) in [6.45, 7) is 3.24. The fourth-order valence-electron chi connectivity index (χ4n) is 2.59. The lowest BCUT2D eigenvalue weighted by atomic mass is 9.99. The second-order valence-electron chi connectivity index (χ2n) is 5.55. The molecule has 0 atom stereocenters. The molecule has 0 radical (unpaired) electrons. The topological polar surface area (TPSA) is 54.5 Å². The molecule has 2 rings (SSSR count). The van der Waals surface area contributed by atoms with E-state index in [0.717, 1.165) is 18.4 Å². The summed E-state index contributed by atoms with van der Waals surface area (Å²) in [5.41, 5.74) is 1.05. The van der Waals surface area contributed by atoms with Crippen molar-refractivity contribution in [1.82, 2.24) is 4.90 Å². The summed E-state index contributed by atoms with van der Waals surface area (Å²) in [4.78, 5) is 13.8. The van der Waals surface area contributed by atoms with Gasteiger partial charge in [0.15, 0.2) is 9.84 Å². The SMILES string of the molecule is Cc1ccc(S(=O)(=O)CC2CCN(C(=O)CBr)CC2)cc1. The van der Waals surface area contributed by atoms with E-state index in [9.17, 15) is 13.2 Å². The number of amides is 1. The Morgan fingerprint density at radius 1 is 1.24 bits per heavy atom. The third kappa shape index (κ3) is 4.30. The van der Waals surface area contributed by atoms with Crippen LogP contribution in [0.4, 0.5) is 0 Å². The Morgan fingerprint density at radius 2 is 1.81 bits per heavy atom. The minimum atomic E-state index is -3.23. The molecule has 1 heterocycles. The van der Waals surface area contributed by atoms with Crippen LogP contribution < -0.4 is 0 Å². The fourth-order valence-corrected chi connectivity index (χ4v) is 4.64. The van der Waals surface area contributed by atoms with Crippen molar-refractivity contribution >= 4 is 31.7 Å². The van der Waals surface area contributed by atoms with Crippen LogP contribution in [0.3, 0.4) is 0 Å². The summed E-state index contributed by atoms with van der Waals surface area (Å²) >= 11 is 3.16. The van der Waals surface area contributed by atoms with Gasteiger partial charge in [-0.2, -0.15) is 0 Å². The number of hydrogen-bond acceptors (Lipinski definition) is 3. The molecule has 0 saturated carbocycles. The van der Waals surface area contributed by atoms with Crippen LogP contribution in [0.1, 0.15) is 18.4 Å². The highest BCUT2D eigenvalue weighted by atomic mass is 79.9. The minimum absolute atomic E-state index is 0.0786. The van der Waals surface area contributed by atoms with Gasteiger partial charge in [-0.25, -0.2) is 8.42 Å². The maximum Gasteiger partial charge on any atom is 0.233 e. The highest BCUT2D eigenvalue weighted by Crippen LogP contribution is 2.23. The lowest BCUT2D eigenvalue weighted by molar-refractivity contribution is -0.129. The first kappa shape index (κ1) is 16.5. The third-order valence-electron chi connectivity index (χ3n) is 3.92. The van der Waals surface area contributed by atoms with Crippen LogP contribution in [0.15, 0.2) is 29.2 Å². The molecule has 6 heteroatoms. The average molecular weight is 374 g/mol. The number of nitrogens with zero attached hydrogens (tertiary/aromatic N) is 1. The standard InChI is InChI=1S/C15H20BrNO3S/c1-12-2-4-14(5-3-12)21(19,20)11-13-6-8-17(9-7-13)15(18)10-16/h2-5,13H,6-11H2,1H3. The van der Waals surface area contributed by atoms with E-state index in [0.29, 0.717) is 23.3 Å². The van der Waals surface area contributed by atoms with Gasteiger partial charge in [0.05, 0.1) is 16.0 Å². The monoisotopic (exact) mass is 373 g/mol. The molecule has 21 heavy (non-hydrogen) atoms. The third-order valence-corrected chi connectivity index (χ3v) is 6.30. The number of carbonyl (C=O) groups is 1. The van der Waals surface area contributed by atoms with E-state index in [4.69, 9.17) is 0 Å². The number of alkyl halides is 1. The lowest BCUT2D eigenvalue weighted by Crippen LogP contribution is -2.40. The highest BCUT2D eigenvalue weighted by molar-refractivity contribution is 9.09. The van der Waals surface area contributed by atoms with Gasteiger partial charge in [0.1, 0.15) is 0 Å². The van der Waals surface area contributed by atoms with Crippen LogP contribution in [-0.4, -0.2) is 43.4 Å². The molecule has 116 valence electrons. The number of halogens is 1. The maximum absolute atomic E-state index is 12.4. The van der Waals surface area contributed by atoms with Crippen LogP contribution in [0.25, 0.3) is 0 Å². The van der Waals surface area contributed by atoms with Crippen molar-refractivity contribution < 1.29 is 13.2 Å². The second kappa shape index (κ2) is 6.92. The molecule has 1 saturated heterocycles. The van der Waals surface area contributed by atoms with E-state index in [1.54, 1.807) is 17.0 Å². The van der Waals surface area contributed by atoms with Gasteiger partial charge in [0.2, 0.25) is 5.91 Å². The highest BCUT2D eigenvalue weighted by Gasteiger charge is 2.27. The zero-order chi connectivity index (χ0) is 15.5. The molecule has 0 aliphatic carbocycles. The number of rotatable bonds is 4. The molecule has 1 amide bonds. The van der Waals surface area contributed by atoms with Gasteiger partial charge in [0, 0.05) is 13.1 Å². The van der Waals surface area contributed by atoms with Gasteiger partial charge in [-0.15, -0.1) is 0 Å². The number of sulfone groups is 1. The van der Waals surface area contributed by atoms with E-state index in [-0.39, 0.29) is 17.6 Å². The molecule has 4 nitrogen and oxygen atoms in total. The van der Waals surface area contributed by atoms with Gasteiger partial charge in [-0.3, -0.25) is 4.79 Å². The average Bonchev–Trinajstić information content (AvgIpc) is 2.47. The molecule has 0 bridgehead atoms. The summed E-state index contributed by atoms with van der Waals surface area (Å²) in [5.74, 6) is 0.386. The first-order valence-electron chi connectivity index (χ1n) is 7.05. The van der Waals surface area contributed by atoms with Crippen molar-refractivity contribution in [3.8, 4) is 0 Å². The minimum Gasteiger partial charge on any atom is -0.342 e. The van der Waals surface area contributed by atoms with Gasteiger partial charge in [-0.05, 0) is 37.8 Å². The van der Waals surface area contributed by atoms with Crippen molar-refractivity contribution in [2.75, 3.05) is 24.2 Å². The lowest BCUT2D eigenvalue weighted by Gasteiger charge is -2.31. The smallest absolute Gasteiger partial charge is 0.233 e. The zero-order valence-corrected chi connectivity index (χ0v) is 14.5. The van der Waals surface area contributed by atoms with E-state index in [2.05, 4.69) is 15.9 Å². The van der Waals surface area contributed by atoms with E-state index < -0.39 is 9.84 Å². The first-order chi connectivity index (χ1) is 9.92. The normalized spacial score (nSPS) is 17.0. The molecule has 1 aromatic rings. The Morgan fingerprint density at radius 3 is 2.33 bits per heavy atom. The molecule has 0 aromatic heterocycles. The molecule has 1 aromatic carbocycles. The molecule has 0 unspecified atom stereocenters. The van der Waals surface area contributed by atoms with E-state index >= 15 is 0 Å². The Hall–Kier alpha value is -0.880. The number of carbonyl (C=O) groups excluding carboxylic acids is 1. The summed E-state index contributed by atoms with van der Waals surface area (Å²) in [6.07, 6.45) is 1.51. The van der Waals surface area contributed by atoms with Crippen molar-refractivity contribution in [2.45, 2.75) is 24.7 Å². The van der Waals surface area contributed by atoms with Crippen LogP contribution in [-0.2, 0) is 14.6 Å². The molecule has 0 N–H and O–H groups in total. The van der Waals surface area contributed by atoms with Crippen LogP contribution in [0, 0.1) is 12.8 Å². The van der Waals surface area contributed by atoms with Gasteiger partial charge >= 0.3 is 0 Å². The van der Waals surface area contributed by atoms with E-state index in [1.165, 1.54) is 0 Å². The van der Waals surface area contributed by atoms with Crippen molar-refractivity contribution in [3.63, 3.8) is 0 Å². The number of aryl methyl sites for hydroxylation is 1. The van der Waals surface area contributed by atoms with Gasteiger partial charge < -0.3 is 4.90 Å². The Labute approximate surface area is 134 Å². The number of benzene rings is 1. The van der Waals surface area contributed by atoms with Crippen LogP contribution in [0.2, 0.25) is 0 Å². The van der Waals surface area contributed by atoms with Crippen LogP contribution in [0.5, 0.6) is 0 Å². The molecule has 0 spiro atoms. The molecular formula is C15H20BrNO3S. The molecule has 1 aliphatic rings. The van der Waals surface area contributed by atoms with Crippen molar-refractivity contribution in [1.29, 1.82) is 0 Å². The van der Waals surface area contributed by atoms with Crippen LogP contribution >= 0.6 is 15.9 Å². The van der Waals surface area contributed by atoms with Crippen molar-refractivity contribution in [3.05, 3.63) is 29.8 Å². The maximum atomic E-state index is 12.4. The van der Waals surface area contributed by atoms with Gasteiger partial charge in [-0.1, -0.05) is 33.6 Å². The Balaban J connectivity index is 1.96. The number of likely N-dealkylation sites (tertiary alicyclic amines) is 1. The molecular weight excluding hydrogens is 354 g/mol. The summed E-state index contributed by atoms with van der Waals surface area (Å²) in [5, 5.41) is 0.333. The number of hydrogen-bond donors (Lipinski definition) is 0. The van der Waals surface area contributed by atoms with Crippen molar-refractivity contribution in [2.24, 2.45) is 5.92 Å².